The van der Waals surface area contributed by atoms with Crippen LogP contribution in [0, 0.1) is 0 Å². The van der Waals surface area contributed by atoms with Gasteiger partial charge in [0.15, 0.2) is 0 Å². The quantitative estimate of drug-likeness (QED) is 0.876. The molecule has 5 heteroatoms. The molecule has 2 heterocycles. The van der Waals surface area contributed by atoms with E-state index in [-0.39, 0.29) is 12.1 Å². The highest BCUT2D eigenvalue weighted by atomic mass is 15.3. The number of aromatic nitrogens is 2. The first-order valence-corrected chi connectivity index (χ1v) is 7.21. The number of nitrogens with two attached hydrogens (primary N) is 1. The van der Waals surface area contributed by atoms with E-state index < -0.39 is 0 Å². The lowest BCUT2D eigenvalue weighted by molar-refractivity contribution is 0.0549. The van der Waals surface area contributed by atoms with Crippen LogP contribution in [0.2, 0.25) is 0 Å². The van der Waals surface area contributed by atoms with Gasteiger partial charge in [-0.25, -0.2) is 0 Å². The van der Waals surface area contributed by atoms with Gasteiger partial charge in [0.05, 0.1) is 12.2 Å². The fourth-order valence-electron chi connectivity index (χ4n) is 3.10. The molecule has 0 aromatic carbocycles. The lowest BCUT2D eigenvalue weighted by Crippen LogP contribution is -2.54. The summed E-state index contributed by atoms with van der Waals surface area (Å²) in [6, 6.07) is 1.02. The van der Waals surface area contributed by atoms with Crippen molar-refractivity contribution in [1.29, 1.82) is 0 Å². The molecule has 0 spiro atoms. The highest BCUT2D eigenvalue weighted by molar-refractivity contribution is 5.13. The van der Waals surface area contributed by atoms with E-state index in [1.807, 2.05) is 17.9 Å². The molecule has 0 radical (unpaired) electrons. The largest absolute Gasteiger partial charge is 0.326 e. The Morgan fingerprint density at radius 3 is 2.68 bits per heavy atom. The van der Waals surface area contributed by atoms with Crippen molar-refractivity contribution in [3.8, 4) is 0 Å². The van der Waals surface area contributed by atoms with Crippen LogP contribution in [0.4, 0.5) is 0 Å². The summed E-state index contributed by atoms with van der Waals surface area (Å²) in [6.45, 7) is 7.64. The second kappa shape index (κ2) is 6.03. The highest BCUT2D eigenvalue weighted by Crippen LogP contribution is 2.26. The average Bonchev–Trinajstić information content (AvgIpc) is 2.77. The molecule has 3 unspecified atom stereocenters. The molecular formula is C14H27N5. The first-order chi connectivity index (χ1) is 9.02. The first kappa shape index (κ1) is 14.5. The normalized spacial score (nSPS) is 25.4. The second-order valence-corrected chi connectivity index (χ2v) is 5.79. The van der Waals surface area contributed by atoms with Gasteiger partial charge in [0, 0.05) is 50.5 Å². The first-order valence-electron chi connectivity index (χ1n) is 7.21. The van der Waals surface area contributed by atoms with Crippen molar-refractivity contribution in [3.05, 3.63) is 18.0 Å². The van der Waals surface area contributed by atoms with E-state index in [1.165, 1.54) is 12.0 Å². The lowest BCUT2D eigenvalue weighted by Gasteiger charge is -2.43. The van der Waals surface area contributed by atoms with Crippen LogP contribution in [0.15, 0.2) is 12.4 Å². The van der Waals surface area contributed by atoms with Gasteiger partial charge < -0.3 is 10.6 Å². The molecule has 1 aromatic rings. The maximum Gasteiger partial charge on any atom is 0.0538 e. The Kier molecular flexibility index (Phi) is 4.60. The minimum atomic E-state index is 0.116. The highest BCUT2D eigenvalue weighted by Gasteiger charge is 2.31. The van der Waals surface area contributed by atoms with E-state index >= 15 is 0 Å². The van der Waals surface area contributed by atoms with Crippen molar-refractivity contribution >= 4 is 0 Å². The topological polar surface area (TPSA) is 50.3 Å². The Bertz CT molecular complexity index is 400. The Morgan fingerprint density at radius 2 is 2.16 bits per heavy atom. The van der Waals surface area contributed by atoms with Crippen molar-refractivity contribution in [1.82, 2.24) is 19.6 Å². The molecule has 1 aromatic heterocycles. The molecule has 1 aliphatic heterocycles. The molecule has 1 fully saturated rings. The summed E-state index contributed by atoms with van der Waals surface area (Å²) in [5, 5.41) is 4.29. The molecule has 1 saturated heterocycles. The minimum Gasteiger partial charge on any atom is -0.326 e. The Balaban J connectivity index is 2.16. The van der Waals surface area contributed by atoms with E-state index in [4.69, 9.17) is 5.73 Å². The molecule has 19 heavy (non-hydrogen) atoms. The van der Waals surface area contributed by atoms with Crippen LogP contribution in [0.25, 0.3) is 0 Å². The lowest BCUT2D eigenvalue weighted by atomic mass is 9.99. The van der Waals surface area contributed by atoms with Gasteiger partial charge in [0.2, 0.25) is 0 Å². The predicted molar refractivity (Wildman–Crippen MR) is 77.9 cm³/mol. The van der Waals surface area contributed by atoms with Crippen molar-refractivity contribution in [2.45, 2.75) is 38.4 Å². The van der Waals surface area contributed by atoms with Crippen LogP contribution in [0.1, 0.15) is 31.9 Å². The Labute approximate surface area is 116 Å². The predicted octanol–water partition coefficient (Wildman–Crippen LogP) is 0.834. The standard InChI is InChI=1S/C14H27N5/c1-5-13-10-19(7-6-17(13)3)14(11(2)15)12-8-16-18(4)9-12/h8-9,11,13-14H,5-7,10,15H2,1-4H3. The van der Waals surface area contributed by atoms with Crippen LogP contribution < -0.4 is 5.73 Å². The number of rotatable bonds is 4. The molecule has 1 aliphatic rings. The molecule has 2 rings (SSSR count). The van der Waals surface area contributed by atoms with E-state index in [0.29, 0.717) is 6.04 Å². The van der Waals surface area contributed by atoms with Crippen LogP contribution in [-0.2, 0) is 7.05 Å². The fraction of sp³-hybridized carbons (Fsp3) is 0.786. The zero-order valence-corrected chi connectivity index (χ0v) is 12.6. The summed E-state index contributed by atoms with van der Waals surface area (Å²) >= 11 is 0. The van der Waals surface area contributed by atoms with Crippen molar-refractivity contribution in [2.75, 3.05) is 26.7 Å². The summed E-state index contributed by atoms with van der Waals surface area (Å²) in [7, 11) is 4.18. The Hall–Kier alpha value is -0.910. The average molecular weight is 265 g/mol. The summed E-state index contributed by atoms with van der Waals surface area (Å²) in [5.74, 6) is 0. The zero-order valence-electron chi connectivity index (χ0n) is 12.6. The third-order valence-electron chi connectivity index (χ3n) is 4.24. The maximum atomic E-state index is 6.24. The van der Waals surface area contributed by atoms with Gasteiger partial charge in [-0.3, -0.25) is 9.58 Å². The van der Waals surface area contributed by atoms with Gasteiger partial charge in [-0.2, -0.15) is 5.10 Å². The van der Waals surface area contributed by atoms with E-state index in [2.05, 4.69) is 42.0 Å². The molecule has 0 amide bonds. The monoisotopic (exact) mass is 265 g/mol. The number of likely N-dealkylation sites (N-methyl/N-ethyl adjacent to an activating group) is 1. The van der Waals surface area contributed by atoms with Crippen molar-refractivity contribution in [3.63, 3.8) is 0 Å². The van der Waals surface area contributed by atoms with Gasteiger partial charge in [-0.15, -0.1) is 0 Å². The second-order valence-electron chi connectivity index (χ2n) is 5.79. The molecule has 0 bridgehead atoms. The zero-order chi connectivity index (χ0) is 14.0. The van der Waals surface area contributed by atoms with Crippen LogP contribution >= 0.6 is 0 Å². The van der Waals surface area contributed by atoms with Crippen LogP contribution in [-0.4, -0.2) is 58.3 Å². The summed E-state index contributed by atoms with van der Waals surface area (Å²) < 4.78 is 1.86. The minimum absolute atomic E-state index is 0.116. The molecule has 0 saturated carbocycles. The van der Waals surface area contributed by atoms with E-state index in [1.54, 1.807) is 0 Å². The van der Waals surface area contributed by atoms with Crippen molar-refractivity contribution in [2.24, 2.45) is 12.8 Å². The SMILES string of the molecule is CCC1CN(C(c2cnn(C)c2)C(C)N)CCN1C. The maximum absolute atomic E-state index is 6.24. The number of aryl methyl sites for hydroxylation is 1. The molecule has 0 aliphatic carbocycles. The van der Waals surface area contributed by atoms with Gasteiger partial charge in [0.1, 0.15) is 0 Å². The molecular weight excluding hydrogens is 238 g/mol. The summed E-state index contributed by atoms with van der Waals surface area (Å²) in [6.07, 6.45) is 5.23. The molecule has 3 atom stereocenters. The van der Waals surface area contributed by atoms with Gasteiger partial charge in [0.25, 0.3) is 0 Å². The summed E-state index contributed by atoms with van der Waals surface area (Å²) in [4.78, 5) is 4.98. The van der Waals surface area contributed by atoms with E-state index in [9.17, 15) is 0 Å². The van der Waals surface area contributed by atoms with Crippen LogP contribution in [0.5, 0.6) is 0 Å². The third-order valence-corrected chi connectivity index (χ3v) is 4.24. The molecule has 5 nitrogen and oxygen atoms in total. The fourth-order valence-corrected chi connectivity index (χ4v) is 3.10. The molecule has 108 valence electrons. The number of piperazine rings is 1. The van der Waals surface area contributed by atoms with Crippen LogP contribution in [0.3, 0.4) is 0 Å². The van der Waals surface area contributed by atoms with Gasteiger partial charge in [-0.1, -0.05) is 6.92 Å². The smallest absolute Gasteiger partial charge is 0.0538 e. The number of hydrogen-bond acceptors (Lipinski definition) is 4. The molecule has 2 N–H and O–H groups in total. The van der Waals surface area contributed by atoms with Gasteiger partial charge in [-0.05, 0) is 20.4 Å². The number of hydrogen-bond donors (Lipinski definition) is 1. The van der Waals surface area contributed by atoms with Crippen molar-refractivity contribution < 1.29 is 0 Å². The third kappa shape index (κ3) is 3.16. The number of nitrogens with zero attached hydrogens (tertiary/aromatic N) is 4. The van der Waals surface area contributed by atoms with E-state index in [0.717, 1.165) is 19.6 Å². The Morgan fingerprint density at radius 1 is 1.42 bits per heavy atom. The van der Waals surface area contributed by atoms with Gasteiger partial charge >= 0.3 is 0 Å². The summed E-state index contributed by atoms with van der Waals surface area (Å²) in [5.41, 5.74) is 7.47.